The Morgan fingerprint density at radius 1 is 0.556 bits per heavy atom. The van der Waals surface area contributed by atoms with Crippen LogP contribution in [0.2, 0.25) is 0 Å². The van der Waals surface area contributed by atoms with Gasteiger partial charge in [-0.3, -0.25) is 0 Å². The van der Waals surface area contributed by atoms with Crippen molar-refractivity contribution < 1.29 is 37.9 Å². The molecule has 3 rings (SSSR count). The second kappa shape index (κ2) is 12.3. The van der Waals surface area contributed by atoms with Crippen molar-refractivity contribution in [2.45, 2.75) is 43.7 Å². The topological polar surface area (TPSA) is 73.8 Å². The molecule has 0 N–H and O–H groups in total. The molecule has 0 aromatic carbocycles. The van der Waals surface area contributed by atoms with Gasteiger partial charge < -0.3 is 37.9 Å². The largest absolute Gasteiger partial charge is 0.377 e. The van der Waals surface area contributed by atoms with E-state index in [1.54, 1.807) is 0 Å². The van der Waals surface area contributed by atoms with Crippen molar-refractivity contribution in [1.82, 2.24) is 0 Å². The maximum Gasteiger partial charge on any atom is 0.194 e. The van der Waals surface area contributed by atoms with Crippen LogP contribution in [0.5, 0.6) is 0 Å². The number of rotatable bonds is 0. The van der Waals surface area contributed by atoms with Crippen molar-refractivity contribution >= 4 is 0 Å². The summed E-state index contributed by atoms with van der Waals surface area (Å²) in [5, 5.41) is 0. The lowest BCUT2D eigenvalue weighted by Gasteiger charge is -2.47. The van der Waals surface area contributed by atoms with Crippen molar-refractivity contribution in [1.29, 1.82) is 0 Å². The van der Waals surface area contributed by atoms with Crippen molar-refractivity contribution in [3.63, 3.8) is 0 Å². The van der Waals surface area contributed by atoms with Crippen LogP contribution in [0.15, 0.2) is 0 Å². The van der Waals surface area contributed by atoms with E-state index in [-0.39, 0.29) is 12.2 Å². The second-order valence-corrected chi connectivity index (χ2v) is 6.97. The van der Waals surface area contributed by atoms with Crippen molar-refractivity contribution in [2.75, 3.05) is 79.3 Å². The monoisotopic (exact) mass is 390 g/mol. The molecule has 0 aliphatic carbocycles. The summed E-state index contributed by atoms with van der Waals surface area (Å²) in [6, 6.07) is 0. The minimum absolute atomic E-state index is 0.0117. The van der Waals surface area contributed by atoms with Crippen LogP contribution >= 0.6 is 0 Å². The summed E-state index contributed by atoms with van der Waals surface area (Å²) in [5.41, 5.74) is 0. The summed E-state index contributed by atoms with van der Waals surface area (Å²) < 4.78 is 46.3. The van der Waals surface area contributed by atoms with Gasteiger partial charge >= 0.3 is 0 Å². The van der Waals surface area contributed by atoms with Crippen LogP contribution in [0.1, 0.15) is 25.7 Å². The fourth-order valence-electron chi connectivity index (χ4n) is 3.57. The summed E-state index contributed by atoms with van der Waals surface area (Å²) in [7, 11) is 0. The fraction of sp³-hybridized carbons (Fsp3) is 1.00. The SMILES string of the molecule is C1CC[C@]2(OC1)OC[C@@H]1C[C@H]2OCCOCCOCCOCCOCCO1. The van der Waals surface area contributed by atoms with Gasteiger partial charge in [-0.25, -0.2) is 0 Å². The quantitative estimate of drug-likeness (QED) is 0.610. The highest BCUT2D eigenvalue weighted by atomic mass is 16.7. The first kappa shape index (κ1) is 21.4. The van der Waals surface area contributed by atoms with Gasteiger partial charge in [0, 0.05) is 12.8 Å². The molecule has 0 radical (unpaired) electrons. The molecule has 0 saturated carbocycles. The molecule has 0 aromatic rings. The van der Waals surface area contributed by atoms with Crippen LogP contribution in [0.4, 0.5) is 0 Å². The Balaban J connectivity index is 1.50. The van der Waals surface area contributed by atoms with Gasteiger partial charge in [-0.2, -0.15) is 0 Å². The fourth-order valence-corrected chi connectivity index (χ4v) is 3.57. The Labute approximate surface area is 161 Å². The van der Waals surface area contributed by atoms with Gasteiger partial charge in [-0.15, -0.1) is 0 Å². The minimum atomic E-state index is -0.631. The zero-order chi connectivity index (χ0) is 18.6. The minimum Gasteiger partial charge on any atom is -0.377 e. The average molecular weight is 390 g/mol. The Bertz CT molecular complexity index is 388. The van der Waals surface area contributed by atoms with Gasteiger partial charge in [0.15, 0.2) is 5.79 Å². The van der Waals surface area contributed by atoms with E-state index in [4.69, 9.17) is 37.9 Å². The van der Waals surface area contributed by atoms with E-state index in [1.807, 2.05) is 0 Å². The lowest BCUT2D eigenvalue weighted by Crippen LogP contribution is -2.57. The molecule has 3 fully saturated rings. The summed E-state index contributed by atoms with van der Waals surface area (Å²) in [5.74, 6) is -0.631. The molecule has 0 amide bonds. The Hall–Kier alpha value is -0.320. The molecule has 3 aliphatic rings. The number of hydrogen-bond donors (Lipinski definition) is 0. The number of ether oxygens (including phenoxy) is 8. The molecule has 1 spiro atoms. The van der Waals surface area contributed by atoms with Gasteiger partial charge in [-0.05, 0) is 12.8 Å². The maximum atomic E-state index is 6.14. The summed E-state index contributed by atoms with van der Waals surface area (Å²) >= 11 is 0. The van der Waals surface area contributed by atoms with Gasteiger partial charge in [0.25, 0.3) is 0 Å². The van der Waals surface area contributed by atoms with Gasteiger partial charge in [0.2, 0.25) is 0 Å². The molecule has 8 nitrogen and oxygen atoms in total. The molecular weight excluding hydrogens is 356 g/mol. The first-order valence-corrected chi connectivity index (χ1v) is 10.2. The number of hydrogen-bond acceptors (Lipinski definition) is 8. The van der Waals surface area contributed by atoms with Gasteiger partial charge in [-0.1, -0.05) is 0 Å². The first-order chi connectivity index (χ1) is 13.4. The highest BCUT2D eigenvalue weighted by molar-refractivity contribution is 4.90. The third-order valence-corrected chi connectivity index (χ3v) is 4.99. The first-order valence-electron chi connectivity index (χ1n) is 10.2. The smallest absolute Gasteiger partial charge is 0.194 e. The van der Waals surface area contributed by atoms with E-state index >= 15 is 0 Å². The van der Waals surface area contributed by atoms with E-state index in [0.29, 0.717) is 72.7 Å². The van der Waals surface area contributed by atoms with Crippen LogP contribution in [0.3, 0.4) is 0 Å². The highest BCUT2D eigenvalue weighted by Gasteiger charge is 2.48. The lowest BCUT2D eigenvalue weighted by molar-refractivity contribution is -0.338. The Kier molecular flexibility index (Phi) is 9.73. The molecule has 3 heterocycles. The van der Waals surface area contributed by atoms with E-state index in [2.05, 4.69) is 0 Å². The van der Waals surface area contributed by atoms with E-state index < -0.39 is 5.79 Å². The van der Waals surface area contributed by atoms with Crippen molar-refractivity contribution in [3.8, 4) is 0 Å². The molecule has 158 valence electrons. The molecule has 3 aliphatic heterocycles. The standard InChI is InChI=1S/C19H34O8/c1-2-4-26-19(3-1)18-15-17(16-27-19)24-13-11-22-9-7-20-5-6-21-8-10-23-12-14-25-18/h17-18H,1-16H2/t17-,18+,19-/m0/s1. The third kappa shape index (κ3) is 7.21. The number of fused-ring (bicyclic) bond motifs is 3. The van der Waals surface area contributed by atoms with Crippen LogP contribution in [-0.2, 0) is 37.9 Å². The lowest BCUT2D eigenvalue weighted by atomic mass is 9.93. The maximum absolute atomic E-state index is 6.14. The molecule has 27 heavy (non-hydrogen) atoms. The summed E-state index contributed by atoms with van der Waals surface area (Å²) in [6.45, 7) is 6.65. The van der Waals surface area contributed by atoms with Crippen LogP contribution in [-0.4, -0.2) is 97.3 Å². The molecule has 2 bridgehead atoms. The molecule has 3 saturated heterocycles. The molecule has 0 aromatic heterocycles. The zero-order valence-corrected chi connectivity index (χ0v) is 16.2. The van der Waals surface area contributed by atoms with E-state index in [1.165, 1.54) is 0 Å². The molecule has 0 unspecified atom stereocenters. The van der Waals surface area contributed by atoms with E-state index in [9.17, 15) is 0 Å². The predicted molar refractivity (Wildman–Crippen MR) is 95.9 cm³/mol. The summed E-state index contributed by atoms with van der Waals surface area (Å²) in [4.78, 5) is 0. The average Bonchev–Trinajstić information content (AvgIpc) is 2.70. The summed E-state index contributed by atoms with van der Waals surface area (Å²) in [6.07, 6.45) is 3.63. The second-order valence-electron chi connectivity index (χ2n) is 6.97. The predicted octanol–water partition coefficient (Wildman–Crippen LogP) is 1.15. The molecule has 3 atom stereocenters. The molecule has 8 heteroatoms. The van der Waals surface area contributed by atoms with Gasteiger partial charge in [0.1, 0.15) is 6.10 Å². The normalized spacial score (nSPS) is 36.4. The van der Waals surface area contributed by atoms with E-state index in [0.717, 1.165) is 32.3 Å². The van der Waals surface area contributed by atoms with Crippen LogP contribution < -0.4 is 0 Å². The molecular formula is C19H34O8. The van der Waals surface area contributed by atoms with Crippen LogP contribution in [0, 0.1) is 0 Å². The Morgan fingerprint density at radius 2 is 1.15 bits per heavy atom. The van der Waals surface area contributed by atoms with Crippen molar-refractivity contribution in [3.05, 3.63) is 0 Å². The Morgan fingerprint density at radius 3 is 1.74 bits per heavy atom. The van der Waals surface area contributed by atoms with Gasteiger partial charge in [0.05, 0.1) is 85.4 Å². The van der Waals surface area contributed by atoms with Crippen LogP contribution in [0.25, 0.3) is 0 Å². The zero-order valence-electron chi connectivity index (χ0n) is 16.2. The van der Waals surface area contributed by atoms with Crippen molar-refractivity contribution in [2.24, 2.45) is 0 Å². The highest BCUT2D eigenvalue weighted by Crippen LogP contribution is 2.37. The third-order valence-electron chi connectivity index (χ3n) is 4.99.